The molecular weight excluding hydrogens is 563 g/mol. The van der Waals surface area contributed by atoms with Crippen LogP contribution in [0.1, 0.15) is 20.8 Å². The third-order valence-electron chi connectivity index (χ3n) is 2.61. The zero-order valence-electron chi connectivity index (χ0n) is 15.5. The normalized spacial score (nSPS) is 12.5. The third-order valence-corrected chi connectivity index (χ3v) is 2.86. The maximum absolute atomic E-state index is 5.52. The second-order valence-corrected chi connectivity index (χ2v) is 5.63. The summed E-state index contributed by atoms with van der Waals surface area (Å²) in [5, 5.41) is 0.763. The second kappa shape index (κ2) is 19.3. The molecular formula is C22H22BiClF2O. The summed E-state index contributed by atoms with van der Waals surface area (Å²) in [6, 6.07) is 10.6. The van der Waals surface area contributed by atoms with Gasteiger partial charge in [0.2, 0.25) is 0 Å². The number of para-hydroxylation sites is 1. The molecule has 1 nitrogen and oxygen atoms in total. The first-order valence-electron chi connectivity index (χ1n) is 7.75. The van der Waals surface area contributed by atoms with Crippen LogP contribution in [0.5, 0.6) is 5.75 Å². The molecule has 5 heteroatoms. The summed E-state index contributed by atoms with van der Waals surface area (Å²) in [6.45, 7) is 6.06. The minimum absolute atomic E-state index is 0. The number of halogens is 3. The molecule has 6 radical (unpaired) electrons. The monoisotopic (exact) mass is 584 g/mol. The number of rotatable bonds is 2. The van der Waals surface area contributed by atoms with Crippen molar-refractivity contribution in [2.45, 2.75) is 26.9 Å². The Morgan fingerprint density at radius 3 is 1.85 bits per heavy atom. The van der Waals surface area contributed by atoms with E-state index in [2.05, 4.69) is 24.5 Å². The second-order valence-electron chi connectivity index (χ2n) is 5.19. The molecule has 2 aliphatic rings. The molecule has 0 amide bonds. The van der Waals surface area contributed by atoms with Gasteiger partial charge in [0.25, 0.3) is 0 Å². The van der Waals surface area contributed by atoms with Crippen LogP contribution in [0.15, 0.2) is 82.8 Å². The molecule has 0 fully saturated rings. The van der Waals surface area contributed by atoms with Crippen LogP contribution in [0.2, 0.25) is 0 Å². The fourth-order valence-corrected chi connectivity index (χ4v) is 1.67. The molecule has 2 aliphatic carbocycles. The molecule has 27 heavy (non-hydrogen) atoms. The van der Waals surface area contributed by atoms with Crippen molar-refractivity contribution in [1.82, 2.24) is 0 Å². The minimum Gasteiger partial charge on any atom is -1.00 e. The number of allylic oxidation sites excluding steroid dienone is 6. The third kappa shape index (κ3) is 17.7. The van der Waals surface area contributed by atoms with Crippen LogP contribution in [0, 0.1) is 18.9 Å². The van der Waals surface area contributed by atoms with Gasteiger partial charge in [-0.05, 0) is 57.2 Å². The summed E-state index contributed by atoms with van der Waals surface area (Å²) in [6.07, 6.45) is 15.3. The first kappa shape index (κ1) is 30.3. The Balaban J connectivity index is -0.000000309. The number of benzene rings is 1. The summed E-state index contributed by atoms with van der Waals surface area (Å²) < 4.78 is 5.36. The van der Waals surface area contributed by atoms with E-state index in [1.807, 2.05) is 62.8 Å². The summed E-state index contributed by atoms with van der Waals surface area (Å²) in [4.78, 5) is 0. The molecule has 0 saturated carbocycles. The molecule has 0 bridgehead atoms. The zero-order chi connectivity index (χ0) is 17.6. The van der Waals surface area contributed by atoms with E-state index in [1.165, 1.54) is 5.57 Å². The summed E-state index contributed by atoms with van der Waals surface area (Å²) in [5.41, 5.74) is 7.07. The topological polar surface area (TPSA) is 9.23 Å². The zero-order valence-corrected chi connectivity index (χ0v) is 19.7. The van der Waals surface area contributed by atoms with E-state index in [4.69, 9.17) is 16.3 Å². The molecule has 1 aromatic carbocycles. The van der Waals surface area contributed by atoms with Gasteiger partial charge in [0.1, 0.15) is 5.75 Å². The molecule has 0 unspecified atom stereocenters. The molecule has 0 heterocycles. The van der Waals surface area contributed by atoms with Gasteiger partial charge in [-0.2, -0.15) is 0 Å². The Labute approximate surface area is 185 Å². The molecule has 0 atom stereocenters. The van der Waals surface area contributed by atoms with Gasteiger partial charge < -0.3 is 14.1 Å². The van der Waals surface area contributed by atoms with E-state index in [9.17, 15) is 0 Å². The van der Waals surface area contributed by atoms with Crippen LogP contribution in [0.4, 0.5) is 0 Å². The molecule has 0 saturated heterocycles. The first-order valence-corrected chi connectivity index (χ1v) is 8.13. The quantitative estimate of drug-likeness (QED) is 0.346. The first-order chi connectivity index (χ1) is 11.6. The maximum Gasteiger partial charge on any atom is 2.00 e. The predicted octanol–water partition coefficient (Wildman–Crippen LogP) is -0.199. The van der Waals surface area contributed by atoms with Gasteiger partial charge in [-0.25, -0.2) is 0 Å². The smallest absolute Gasteiger partial charge is 1.00 e. The summed E-state index contributed by atoms with van der Waals surface area (Å²) in [5.74, 6) is 0.817. The van der Waals surface area contributed by atoms with Crippen molar-refractivity contribution in [2.75, 3.05) is 0 Å². The van der Waals surface area contributed by atoms with E-state index in [0.717, 1.165) is 10.8 Å². The Kier molecular flexibility index (Phi) is 21.7. The van der Waals surface area contributed by atoms with Gasteiger partial charge >= 0.3 is 26.2 Å². The molecule has 0 spiro atoms. The summed E-state index contributed by atoms with van der Waals surface area (Å²) in [7, 11) is 0. The van der Waals surface area contributed by atoms with Crippen LogP contribution >= 0.6 is 11.6 Å². The maximum atomic E-state index is 5.52. The Morgan fingerprint density at radius 1 is 0.926 bits per heavy atom. The molecule has 142 valence electrons. The van der Waals surface area contributed by atoms with E-state index < -0.39 is 0 Å². The van der Waals surface area contributed by atoms with Gasteiger partial charge in [0.05, 0.1) is 6.10 Å². The van der Waals surface area contributed by atoms with E-state index in [0.29, 0.717) is 0 Å². The van der Waals surface area contributed by atoms with Crippen molar-refractivity contribution in [3.63, 3.8) is 0 Å². The molecule has 0 aliphatic heterocycles. The van der Waals surface area contributed by atoms with Crippen molar-refractivity contribution in [2.24, 2.45) is 0 Å². The van der Waals surface area contributed by atoms with Crippen LogP contribution in [-0.4, -0.2) is 32.3 Å². The van der Waals surface area contributed by atoms with E-state index in [1.54, 1.807) is 24.6 Å². The molecule has 1 aromatic rings. The van der Waals surface area contributed by atoms with Crippen molar-refractivity contribution in [3.05, 3.63) is 102 Å². The van der Waals surface area contributed by atoms with Crippen LogP contribution < -0.4 is 14.1 Å². The van der Waals surface area contributed by atoms with Gasteiger partial charge in [-0.1, -0.05) is 41.4 Å². The molecule has 0 N–H and O–H groups in total. The predicted molar refractivity (Wildman–Crippen MR) is 108 cm³/mol. The minimum atomic E-state index is 0. The number of hydrogen-bond donors (Lipinski definition) is 0. The van der Waals surface area contributed by atoms with Crippen LogP contribution in [0.25, 0.3) is 0 Å². The van der Waals surface area contributed by atoms with Crippen LogP contribution in [-0.2, 0) is 0 Å². The number of ether oxygens (including phenoxy) is 1. The summed E-state index contributed by atoms with van der Waals surface area (Å²) >= 11 is 5.52. The van der Waals surface area contributed by atoms with Gasteiger partial charge in [0, 0.05) is 23.9 Å². The molecule has 3 rings (SSSR count). The molecule has 0 aromatic heterocycles. The van der Waals surface area contributed by atoms with Crippen molar-refractivity contribution in [3.8, 4) is 5.75 Å². The number of hydrogen-bond acceptors (Lipinski definition) is 1. The Morgan fingerprint density at radius 2 is 1.56 bits per heavy atom. The van der Waals surface area contributed by atoms with E-state index in [-0.39, 0.29) is 41.7 Å². The average Bonchev–Trinajstić information content (AvgIpc) is 2.58. The van der Waals surface area contributed by atoms with Crippen molar-refractivity contribution in [1.29, 1.82) is 0 Å². The van der Waals surface area contributed by atoms with Gasteiger partial charge in [0.15, 0.2) is 0 Å². The van der Waals surface area contributed by atoms with Crippen LogP contribution in [0.3, 0.4) is 0 Å². The van der Waals surface area contributed by atoms with Gasteiger partial charge in [-0.3, -0.25) is 0 Å². The Bertz CT molecular complexity index is 644. The largest absolute Gasteiger partial charge is 2.00 e. The van der Waals surface area contributed by atoms with Crippen molar-refractivity contribution < 1.29 is 14.1 Å². The SMILES string of the molecule is CC(C)Oc1[c]cccc1.CC1=CC=C=C[CH]1.ClC1=CC=C=C[CH]1.[Bi+2].[F-].[F-]. The average molecular weight is 585 g/mol. The standard InChI is InChI=1S/C9H11O.C7H7.C6H4Cl.Bi.2FH/c1-8(2)10-9-6-4-3-5-7-9;1-7-5-3-2-4-6-7;7-6-4-2-1-3-5-6;;;/h3-6,8H,1-2H3;3-6H,1H3;2-5H;;2*1H/q;;;+2;;/p-2. The fourth-order valence-electron chi connectivity index (χ4n) is 1.54. The fraction of sp³-hybridized carbons (Fsp3) is 0.182. The van der Waals surface area contributed by atoms with E-state index >= 15 is 0 Å². The van der Waals surface area contributed by atoms with Crippen molar-refractivity contribution >= 4 is 37.8 Å². The van der Waals surface area contributed by atoms with Gasteiger partial charge in [-0.15, -0.1) is 11.5 Å². The Hall–Kier alpha value is -1.43.